The van der Waals surface area contributed by atoms with Gasteiger partial charge < -0.3 is 14.2 Å². The topological polar surface area (TPSA) is 78.9 Å². The van der Waals surface area contributed by atoms with Crippen molar-refractivity contribution in [1.29, 1.82) is 0 Å². The predicted molar refractivity (Wildman–Crippen MR) is 348 cm³/mol. The van der Waals surface area contributed by atoms with E-state index in [2.05, 4.69) is 191 Å². The van der Waals surface area contributed by atoms with Gasteiger partial charge in [-0.3, -0.25) is 14.4 Å². The Hall–Kier alpha value is -5.49. The van der Waals surface area contributed by atoms with E-state index in [4.69, 9.17) is 14.2 Å². The van der Waals surface area contributed by atoms with Crippen molar-refractivity contribution in [3.05, 3.63) is 182 Å². The van der Waals surface area contributed by atoms with Gasteiger partial charge in [-0.25, -0.2) is 0 Å². The average Bonchev–Trinajstić information content (AvgIpc) is 3.46. The molecule has 0 aromatic carbocycles. The van der Waals surface area contributed by atoms with E-state index < -0.39 is 12.1 Å². The highest BCUT2D eigenvalue weighted by Gasteiger charge is 2.19. The molecule has 446 valence electrons. The maximum atomic E-state index is 12.8. The Morgan fingerprint density at radius 2 is 0.525 bits per heavy atom. The molecule has 6 nitrogen and oxygen atoms in total. The summed E-state index contributed by atoms with van der Waals surface area (Å²) in [6.45, 7) is 6.27. The minimum atomic E-state index is -0.850. The van der Waals surface area contributed by atoms with Gasteiger partial charge in [-0.05, 0) is 141 Å². The number of carbonyl (C=O) groups is 3. The van der Waals surface area contributed by atoms with Crippen LogP contribution in [0.3, 0.4) is 0 Å². The normalized spacial score (nSPS) is 13.4. The summed E-state index contributed by atoms with van der Waals surface area (Å²) in [5.41, 5.74) is 0. The fraction of sp³-hybridized carbons (Fsp3) is 0.554. The lowest BCUT2D eigenvalue weighted by molar-refractivity contribution is -0.166. The number of allylic oxidation sites excluding steroid dienone is 29. The van der Waals surface area contributed by atoms with Crippen molar-refractivity contribution in [3.8, 4) is 0 Å². The first-order chi connectivity index (χ1) is 39.5. The quantitative estimate of drug-likeness (QED) is 0.0261. The molecule has 0 saturated heterocycles. The van der Waals surface area contributed by atoms with Crippen molar-refractivity contribution in [3.63, 3.8) is 0 Å². The number of hydrogen-bond acceptors (Lipinski definition) is 6. The van der Waals surface area contributed by atoms with Gasteiger partial charge in [0.2, 0.25) is 0 Å². The third-order valence-electron chi connectivity index (χ3n) is 12.7. The van der Waals surface area contributed by atoms with Gasteiger partial charge in [-0.2, -0.15) is 0 Å². The first-order valence-electron chi connectivity index (χ1n) is 31.8. The molecular weight excluding hydrogens is 985 g/mol. The molecule has 0 N–H and O–H groups in total. The molecule has 0 bridgehead atoms. The van der Waals surface area contributed by atoms with Crippen LogP contribution in [0.2, 0.25) is 0 Å². The van der Waals surface area contributed by atoms with E-state index in [1.54, 1.807) is 6.08 Å². The summed E-state index contributed by atoms with van der Waals surface area (Å²) in [6.07, 6.45) is 99.3. The Kier molecular flexibility index (Phi) is 61.5. The third-order valence-corrected chi connectivity index (χ3v) is 12.7. The molecule has 0 spiro atoms. The van der Waals surface area contributed by atoms with Crippen LogP contribution in [0.1, 0.15) is 245 Å². The molecule has 1 unspecified atom stereocenters. The highest BCUT2D eigenvalue weighted by atomic mass is 16.6. The van der Waals surface area contributed by atoms with Gasteiger partial charge >= 0.3 is 17.9 Å². The molecule has 0 aromatic rings. The molecule has 0 heterocycles. The first kappa shape index (κ1) is 74.5. The lowest BCUT2D eigenvalue weighted by Gasteiger charge is -2.18. The zero-order chi connectivity index (χ0) is 57.8. The fourth-order valence-electron chi connectivity index (χ4n) is 7.97. The molecule has 0 amide bonds. The Morgan fingerprint density at radius 3 is 0.838 bits per heavy atom. The molecule has 0 saturated carbocycles. The monoisotopic (exact) mass is 1100 g/mol. The fourth-order valence-corrected chi connectivity index (χ4v) is 7.97. The van der Waals surface area contributed by atoms with Crippen LogP contribution in [-0.2, 0) is 28.6 Å². The molecule has 0 aromatic heterocycles. The van der Waals surface area contributed by atoms with Crippen molar-refractivity contribution in [1.82, 2.24) is 0 Å². The molecule has 0 aliphatic rings. The van der Waals surface area contributed by atoms with E-state index >= 15 is 0 Å². The summed E-state index contributed by atoms with van der Waals surface area (Å²) in [4.78, 5) is 38.1. The van der Waals surface area contributed by atoms with Crippen molar-refractivity contribution in [2.75, 3.05) is 13.2 Å². The zero-order valence-electron chi connectivity index (χ0n) is 51.0. The number of ether oxygens (including phenoxy) is 3. The van der Waals surface area contributed by atoms with E-state index in [1.807, 2.05) is 6.08 Å². The van der Waals surface area contributed by atoms with E-state index in [0.29, 0.717) is 19.3 Å². The van der Waals surface area contributed by atoms with Crippen molar-refractivity contribution in [2.24, 2.45) is 0 Å². The maximum absolute atomic E-state index is 12.8. The molecule has 0 aliphatic carbocycles. The van der Waals surface area contributed by atoms with Gasteiger partial charge in [-0.1, -0.05) is 267 Å². The van der Waals surface area contributed by atoms with Crippen LogP contribution < -0.4 is 0 Å². The van der Waals surface area contributed by atoms with Crippen LogP contribution in [0.15, 0.2) is 182 Å². The summed E-state index contributed by atoms with van der Waals surface area (Å²) in [6, 6.07) is 0. The summed E-state index contributed by atoms with van der Waals surface area (Å²) in [5.74, 6) is -1.09. The summed E-state index contributed by atoms with van der Waals surface area (Å²) >= 11 is 0. The van der Waals surface area contributed by atoms with Crippen molar-refractivity contribution >= 4 is 17.9 Å². The van der Waals surface area contributed by atoms with Gasteiger partial charge in [0.15, 0.2) is 6.10 Å². The number of unbranched alkanes of at least 4 members (excludes halogenated alkanes) is 15. The molecular formula is C74H114O6. The van der Waals surface area contributed by atoms with E-state index in [1.165, 1.54) is 51.4 Å². The molecule has 6 heteroatoms. The summed E-state index contributed by atoms with van der Waals surface area (Å²) in [5, 5.41) is 0. The number of hydrogen-bond donors (Lipinski definition) is 0. The Labute approximate surface area is 491 Å². The number of rotatable bonds is 55. The predicted octanol–water partition coefficient (Wildman–Crippen LogP) is 22.0. The van der Waals surface area contributed by atoms with Crippen LogP contribution in [0, 0.1) is 0 Å². The van der Waals surface area contributed by atoms with Crippen LogP contribution in [0.25, 0.3) is 0 Å². The lowest BCUT2D eigenvalue weighted by Crippen LogP contribution is -2.30. The zero-order valence-corrected chi connectivity index (χ0v) is 51.0. The van der Waals surface area contributed by atoms with Crippen LogP contribution >= 0.6 is 0 Å². The SMILES string of the molecule is CC/C=C\C/C=C\C/C=C\C/C=C\C/C=C\C/C=C\C/C=C\C/C=C\C/C=C\CCCCCCCCCC(=O)OCC(COC(=O)CCCCCCC/C=C\CCCCC)OC(=O)C/C=C\C/C=C\C/C=C\C/C=C\C/C=C\CC. The van der Waals surface area contributed by atoms with E-state index in [0.717, 1.165) is 148 Å². The molecule has 1 atom stereocenters. The second-order valence-corrected chi connectivity index (χ2v) is 20.2. The highest BCUT2D eigenvalue weighted by molar-refractivity contribution is 5.72. The number of esters is 3. The molecule has 0 fully saturated rings. The average molecular weight is 1100 g/mol. The molecule has 0 rings (SSSR count). The molecule has 0 aliphatic heterocycles. The summed E-state index contributed by atoms with van der Waals surface area (Å²) < 4.78 is 16.7. The van der Waals surface area contributed by atoms with Crippen LogP contribution in [0.5, 0.6) is 0 Å². The van der Waals surface area contributed by atoms with Gasteiger partial charge in [-0.15, -0.1) is 0 Å². The van der Waals surface area contributed by atoms with Gasteiger partial charge in [0.1, 0.15) is 13.2 Å². The Balaban J connectivity index is 4.34. The standard InChI is InChI=1S/C74H114O6/c1-4-7-10-13-16-19-22-25-27-28-29-30-31-32-33-34-35-36-37-38-39-40-41-42-43-44-45-46-48-49-52-55-58-61-64-67-73(76)79-70-71(69-78-72(75)66-63-60-57-54-51-24-21-18-15-12-9-6-3)80-74(77)68-65-62-59-56-53-50-47-26-23-20-17-14-11-8-5-2/h7-8,10-11,16-21,25-27,29-30,32-33,35-36,38-39,41-42,44-45,47,53,56,62,65,71H,4-6,9,12-15,22-24,28,31,34,37,40,43,46,48-52,54-55,57-61,63-64,66-70H2,1-3H3/b10-7-,11-8-,19-16-,20-17-,21-18-,27-25-,30-29-,33-32-,36-35-,39-38-,42-41-,45-44-,47-26-,56-53-,65-62-. The second kappa shape index (κ2) is 66.0. The minimum absolute atomic E-state index is 0.0845. The second-order valence-electron chi connectivity index (χ2n) is 20.2. The van der Waals surface area contributed by atoms with Gasteiger partial charge in [0, 0.05) is 12.8 Å². The van der Waals surface area contributed by atoms with Crippen LogP contribution in [-0.4, -0.2) is 37.2 Å². The molecule has 0 radical (unpaired) electrons. The third kappa shape index (κ3) is 63.3. The highest BCUT2D eigenvalue weighted by Crippen LogP contribution is 2.13. The molecule has 80 heavy (non-hydrogen) atoms. The van der Waals surface area contributed by atoms with Gasteiger partial charge in [0.05, 0.1) is 6.42 Å². The minimum Gasteiger partial charge on any atom is -0.462 e. The Bertz CT molecular complexity index is 1890. The van der Waals surface area contributed by atoms with Crippen molar-refractivity contribution < 1.29 is 28.6 Å². The van der Waals surface area contributed by atoms with E-state index in [-0.39, 0.29) is 31.6 Å². The van der Waals surface area contributed by atoms with Crippen LogP contribution in [0.4, 0.5) is 0 Å². The Morgan fingerprint density at radius 1 is 0.275 bits per heavy atom. The number of carbonyl (C=O) groups excluding carboxylic acids is 3. The lowest BCUT2D eigenvalue weighted by atomic mass is 10.1. The smallest absolute Gasteiger partial charge is 0.310 e. The van der Waals surface area contributed by atoms with E-state index in [9.17, 15) is 14.4 Å². The largest absolute Gasteiger partial charge is 0.462 e. The van der Waals surface area contributed by atoms with Gasteiger partial charge in [0.25, 0.3) is 0 Å². The van der Waals surface area contributed by atoms with Crippen molar-refractivity contribution in [2.45, 2.75) is 252 Å². The summed E-state index contributed by atoms with van der Waals surface area (Å²) in [7, 11) is 0. The first-order valence-corrected chi connectivity index (χ1v) is 31.8. The maximum Gasteiger partial charge on any atom is 0.310 e.